The summed E-state index contributed by atoms with van der Waals surface area (Å²) in [6, 6.07) is 14.2. The van der Waals surface area contributed by atoms with Gasteiger partial charge in [-0.05, 0) is 42.0 Å². The molecule has 0 saturated heterocycles. The summed E-state index contributed by atoms with van der Waals surface area (Å²) >= 11 is 5.76. The van der Waals surface area contributed by atoms with Crippen LogP contribution in [0.15, 0.2) is 42.6 Å². The summed E-state index contributed by atoms with van der Waals surface area (Å²) in [6.45, 7) is 0. The third-order valence-corrected chi connectivity index (χ3v) is 2.63. The number of nitrogens with one attached hydrogen (secondary N) is 1. The predicted octanol–water partition coefficient (Wildman–Crippen LogP) is 4.23. The Bertz CT molecular complexity index is 642. The fraction of sp³-hybridized carbons (Fsp3) is 0. The molecule has 2 rings (SSSR count). The fourth-order valence-electron chi connectivity index (χ4n) is 1.48. The molecule has 0 amide bonds. The van der Waals surface area contributed by atoms with E-state index in [-0.39, 0.29) is 5.82 Å². The highest BCUT2D eigenvalue weighted by atomic mass is 35.5. The van der Waals surface area contributed by atoms with Gasteiger partial charge in [0.05, 0.1) is 5.56 Å². The van der Waals surface area contributed by atoms with Crippen molar-refractivity contribution in [1.29, 1.82) is 5.26 Å². The van der Waals surface area contributed by atoms with Gasteiger partial charge in [0.2, 0.25) is 0 Å². The number of halogens is 2. The first-order chi connectivity index (χ1) is 9.19. The van der Waals surface area contributed by atoms with Gasteiger partial charge in [0.15, 0.2) is 0 Å². The van der Waals surface area contributed by atoms with Gasteiger partial charge in [0, 0.05) is 23.0 Å². The van der Waals surface area contributed by atoms with Crippen LogP contribution in [0.1, 0.15) is 11.1 Å². The lowest BCUT2D eigenvalue weighted by Crippen LogP contribution is -1.88. The maximum Gasteiger partial charge on any atom is 0.123 e. The van der Waals surface area contributed by atoms with Crippen molar-refractivity contribution in [3.05, 3.63) is 70.6 Å². The molecule has 19 heavy (non-hydrogen) atoms. The van der Waals surface area contributed by atoms with Gasteiger partial charge < -0.3 is 5.32 Å². The Kier molecular flexibility index (Phi) is 4.17. The second kappa shape index (κ2) is 6.03. The van der Waals surface area contributed by atoms with Gasteiger partial charge in [0.1, 0.15) is 11.9 Å². The van der Waals surface area contributed by atoms with Gasteiger partial charge in [-0.15, -0.1) is 0 Å². The molecule has 0 aliphatic heterocycles. The number of rotatable bonds is 3. The summed E-state index contributed by atoms with van der Waals surface area (Å²) in [5.41, 5.74) is 1.85. The van der Waals surface area contributed by atoms with Crippen LogP contribution in [0.3, 0.4) is 0 Å². The lowest BCUT2D eigenvalue weighted by molar-refractivity contribution is 0.628. The largest absolute Gasteiger partial charge is 0.362 e. The minimum Gasteiger partial charge on any atom is -0.362 e. The lowest BCUT2D eigenvalue weighted by atomic mass is 10.1. The summed E-state index contributed by atoms with van der Waals surface area (Å²) in [6.07, 6.45) is 3.40. The molecule has 0 aliphatic rings. The van der Waals surface area contributed by atoms with Crippen LogP contribution in [0.5, 0.6) is 0 Å². The highest BCUT2D eigenvalue weighted by molar-refractivity contribution is 6.30. The molecule has 0 spiro atoms. The Hall–Kier alpha value is -2.31. The molecule has 0 saturated carbocycles. The molecule has 0 bridgehead atoms. The number of anilines is 1. The SMILES string of the molecule is N#Cc1[c]c(Cl)ccc1C=CNc1ccc(F)cc1. The molecule has 4 heteroatoms. The van der Waals surface area contributed by atoms with Crippen LogP contribution in [0, 0.1) is 23.2 Å². The van der Waals surface area contributed by atoms with Crippen molar-refractivity contribution >= 4 is 23.4 Å². The quantitative estimate of drug-likeness (QED) is 0.907. The van der Waals surface area contributed by atoms with E-state index in [1.165, 1.54) is 12.1 Å². The zero-order chi connectivity index (χ0) is 13.7. The van der Waals surface area contributed by atoms with E-state index in [1.54, 1.807) is 36.5 Å². The highest BCUT2D eigenvalue weighted by Crippen LogP contribution is 2.16. The molecule has 0 heterocycles. The molecule has 2 aromatic rings. The molecule has 0 atom stereocenters. The highest BCUT2D eigenvalue weighted by Gasteiger charge is 1.99. The topological polar surface area (TPSA) is 35.8 Å². The Morgan fingerprint density at radius 2 is 1.95 bits per heavy atom. The Balaban J connectivity index is 2.11. The van der Waals surface area contributed by atoms with Crippen LogP contribution in [0.2, 0.25) is 5.02 Å². The van der Waals surface area contributed by atoms with Crippen LogP contribution in [0.25, 0.3) is 6.08 Å². The van der Waals surface area contributed by atoms with Gasteiger partial charge in [0.25, 0.3) is 0 Å². The fourth-order valence-corrected chi connectivity index (χ4v) is 1.64. The number of hydrogen-bond acceptors (Lipinski definition) is 2. The summed E-state index contributed by atoms with van der Waals surface area (Å²) < 4.78 is 12.7. The van der Waals surface area contributed by atoms with Gasteiger partial charge >= 0.3 is 0 Å². The maximum absolute atomic E-state index is 12.7. The van der Waals surface area contributed by atoms with Crippen LogP contribution < -0.4 is 5.32 Å². The van der Waals surface area contributed by atoms with Gasteiger partial charge in [-0.25, -0.2) is 4.39 Å². The smallest absolute Gasteiger partial charge is 0.123 e. The van der Waals surface area contributed by atoms with Gasteiger partial charge in [-0.1, -0.05) is 17.7 Å². The van der Waals surface area contributed by atoms with E-state index in [0.717, 1.165) is 5.69 Å². The number of nitriles is 1. The zero-order valence-corrected chi connectivity index (χ0v) is 10.6. The summed E-state index contributed by atoms with van der Waals surface area (Å²) in [7, 11) is 0. The first-order valence-corrected chi connectivity index (χ1v) is 5.87. The molecule has 0 fully saturated rings. The van der Waals surface area contributed by atoms with Gasteiger partial charge in [-0.2, -0.15) is 5.26 Å². The van der Waals surface area contributed by atoms with E-state index in [0.29, 0.717) is 16.1 Å². The Morgan fingerprint density at radius 1 is 1.21 bits per heavy atom. The molecule has 2 aromatic carbocycles. The summed E-state index contributed by atoms with van der Waals surface area (Å²) in [4.78, 5) is 0. The van der Waals surface area contributed by atoms with Crippen molar-refractivity contribution < 1.29 is 4.39 Å². The molecule has 1 N–H and O–H groups in total. The van der Waals surface area contributed by atoms with Gasteiger partial charge in [-0.3, -0.25) is 0 Å². The first-order valence-electron chi connectivity index (χ1n) is 5.49. The van der Waals surface area contributed by atoms with E-state index in [4.69, 9.17) is 16.9 Å². The standard InChI is InChI=1S/C15H9ClFN2/c16-13-2-1-11(12(9-13)10-18)7-8-19-15-5-3-14(17)4-6-15/h1-8,19H. The number of nitrogens with zero attached hydrogens (tertiary/aromatic N) is 1. The van der Waals surface area contributed by atoms with Crippen molar-refractivity contribution in [2.75, 3.05) is 5.32 Å². The summed E-state index contributed by atoms with van der Waals surface area (Å²) in [5.74, 6) is -0.284. The van der Waals surface area contributed by atoms with Crippen molar-refractivity contribution in [1.82, 2.24) is 0 Å². The van der Waals surface area contributed by atoms with Crippen molar-refractivity contribution in [2.45, 2.75) is 0 Å². The molecule has 0 aromatic heterocycles. The Morgan fingerprint density at radius 3 is 2.63 bits per heavy atom. The van der Waals surface area contributed by atoms with Crippen molar-refractivity contribution in [2.24, 2.45) is 0 Å². The number of benzene rings is 2. The number of hydrogen-bond donors (Lipinski definition) is 1. The Labute approximate surface area is 115 Å². The second-order valence-corrected chi connectivity index (χ2v) is 4.14. The van der Waals surface area contributed by atoms with Crippen LogP contribution in [0.4, 0.5) is 10.1 Å². The summed E-state index contributed by atoms with van der Waals surface area (Å²) in [5, 5.41) is 12.3. The predicted molar refractivity (Wildman–Crippen MR) is 74.1 cm³/mol. The molecular formula is C15H9ClFN2. The third kappa shape index (κ3) is 3.57. The average Bonchev–Trinajstić information content (AvgIpc) is 2.42. The monoisotopic (exact) mass is 271 g/mol. The first kappa shape index (κ1) is 13.1. The molecular weight excluding hydrogens is 263 g/mol. The van der Waals surface area contributed by atoms with E-state index in [9.17, 15) is 4.39 Å². The van der Waals surface area contributed by atoms with Crippen LogP contribution >= 0.6 is 11.6 Å². The molecule has 1 radical (unpaired) electrons. The van der Waals surface area contributed by atoms with Crippen LogP contribution in [-0.4, -0.2) is 0 Å². The zero-order valence-electron chi connectivity index (χ0n) is 9.82. The van der Waals surface area contributed by atoms with E-state index >= 15 is 0 Å². The molecule has 93 valence electrons. The lowest BCUT2D eigenvalue weighted by Gasteiger charge is -2.01. The maximum atomic E-state index is 12.7. The normalized spacial score (nSPS) is 10.4. The van der Waals surface area contributed by atoms with Crippen molar-refractivity contribution in [3.63, 3.8) is 0 Å². The second-order valence-electron chi connectivity index (χ2n) is 3.73. The third-order valence-electron chi connectivity index (χ3n) is 2.41. The molecule has 0 aliphatic carbocycles. The van der Waals surface area contributed by atoms with Crippen molar-refractivity contribution in [3.8, 4) is 6.07 Å². The molecule has 2 nitrogen and oxygen atoms in total. The van der Waals surface area contributed by atoms with E-state index in [1.807, 2.05) is 6.07 Å². The minimum absolute atomic E-state index is 0.284. The average molecular weight is 272 g/mol. The molecule has 0 unspecified atom stereocenters. The van der Waals surface area contributed by atoms with E-state index < -0.39 is 0 Å². The van der Waals surface area contributed by atoms with Crippen LogP contribution in [-0.2, 0) is 0 Å². The van der Waals surface area contributed by atoms with E-state index in [2.05, 4.69) is 11.4 Å². The minimum atomic E-state index is -0.284.